The Morgan fingerprint density at radius 2 is 1.91 bits per heavy atom. The van der Waals surface area contributed by atoms with Gasteiger partial charge >= 0.3 is 6.03 Å². The first-order valence-corrected chi connectivity index (χ1v) is 9.03. The molecule has 3 unspecified atom stereocenters. The molecule has 128 valence electrons. The van der Waals surface area contributed by atoms with Gasteiger partial charge in [0.1, 0.15) is 0 Å². The normalized spacial score (nSPS) is 36.6. The van der Waals surface area contributed by atoms with Gasteiger partial charge < -0.3 is 10.6 Å². The van der Waals surface area contributed by atoms with Gasteiger partial charge in [0.2, 0.25) is 0 Å². The summed E-state index contributed by atoms with van der Waals surface area (Å²) in [5.74, 6) is 0.743. The van der Waals surface area contributed by atoms with Gasteiger partial charge in [-0.3, -0.25) is 4.90 Å². The van der Waals surface area contributed by atoms with E-state index in [1.807, 2.05) is 0 Å². The van der Waals surface area contributed by atoms with Gasteiger partial charge in [-0.05, 0) is 48.9 Å². The lowest BCUT2D eigenvalue weighted by Crippen LogP contribution is -2.53. The first-order valence-electron chi connectivity index (χ1n) is 9.03. The number of urea groups is 1. The first-order chi connectivity index (χ1) is 10.9. The molecule has 23 heavy (non-hydrogen) atoms. The number of carbonyl (C=O) groups is 1. The van der Waals surface area contributed by atoms with Gasteiger partial charge in [-0.15, -0.1) is 0 Å². The molecule has 1 heterocycles. The summed E-state index contributed by atoms with van der Waals surface area (Å²) in [5.41, 5.74) is 0.554. The predicted molar refractivity (Wildman–Crippen MR) is 89.8 cm³/mol. The molecule has 3 atom stereocenters. The summed E-state index contributed by atoms with van der Waals surface area (Å²) in [4.78, 5) is 14.6. The number of hydrogen-bond donors (Lipinski definition) is 2. The lowest BCUT2D eigenvalue weighted by Gasteiger charge is -2.39. The fraction of sp³-hybridized carbons (Fsp3) is 0.889. The monoisotopic (exact) mass is 318 g/mol. The highest BCUT2D eigenvalue weighted by Gasteiger charge is 2.61. The lowest BCUT2D eigenvalue weighted by atomic mass is 9.69. The van der Waals surface area contributed by atoms with Gasteiger partial charge in [-0.1, -0.05) is 20.8 Å². The summed E-state index contributed by atoms with van der Waals surface area (Å²) in [6.07, 6.45) is 5.52. The summed E-state index contributed by atoms with van der Waals surface area (Å²) in [6.45, 7) is 9.38. The van der Waals surface area contributed by atoms with Crippen LogP contribution < -0.4 is 10.6 Å². The Balaban J connectivity index is 1.49. The molecule has 2 bridgehead atoms. The Bertz CT molecular complexity index is 504. The number of rotatable bonds is 3. The fourth-order valence-electron chi connectivity index (χ4n) is 5.14. The Morgan fingerprint density at radius 3 is 2.43 bits per heavy atom. The van der Waals surface area contributed by atoms with Crippen LogP contribution in [0, 0.1) is 28.1 Å². The molecule has 1 saturated heterocycles. The number of fused-ring (bicyclic) bond motifs is 2. The second-order valence-corrected chi connectivity index (χ2v) is 8.49. The van der Waals surface area contributed by atoms with Crippen LogP contribution in [0.4, 0.5) is 4.79 Å². The van der Waals surface area contributed by atoms with Crippen LogP contribution in [0.2, 0.25) is 0 Å². The van der Waals surface area contributed by atoms with Crippen molar-refractivity contribution >= 4 is 6.03 Å². The van der Waals surface area contributed by atoms with Crippen molar-refractivity contribution in [3.63, 3.8) is 0 Å². The van der Waals surface area contributed by atoms with E-state index >= 15 is 0 Å². The molecule has 2 saturated carbocycles. The van der Waals surface area contributed by atoms with Crippen LogP contribution in [0.1, 0.15) is 52.9 Å². The van der Waals surface area contributed by atoms with E-state index in [-0.39, 0.29) is 17.5 Å². The van der Waals surface area contributed by atoms with E-state index in [4.69, 9.17) is 5.26 Å². The highest BCUT2D eigenvalue weighted by Crippen LogP contribution is 2.65. The summed E-state index contributed by atoms with van der Waals surface area (Å²) in [5, 5.41) is 15.2. The van der Waals surface area contributed by atoms with Crippen LogP contribution in [-0.2, 0) is 0 Å². The van der Waals surface area contributed by atoms with E-state index in [0.29, 0.717) is 18.0 Å². The molecule has 0 aromatic carbocycles. The van der Waals surface area contributed by atoms with E-state index in [9.17, 15) is 4.79 Å². The smallest absolute Gasteiger partial charge is 0.315 e. The van der Waals surface area contributed by atoms with E-state index in [0.717, 1.165) is 38.3 Å². The number of nitriles is 1. The predicted octanol–water partition coefficient (Wildman–Crippen LogP) is 2.49. The number of carbonyl (C=O) groups excluding carboxylic acids is 1. The van der Waals surface area contributed by atoms with Crippen LogP contribution in [0.15, 0.2) is 0 Å². The number of likely N-dealkylation sites (tertiary alicyclic amines) is 1. The Labute approximate surface area is 139 Å². The lowest BCUT2D eigenvalue weighted by molar-refractivity contribution is 0.122. The summed E-state index contributed by atoms with van der Waals surface area (Å²) < 4.78 is 0. The Kier molecular flexibility index (Phi) is 4.31. The van der Waals surface area contributed by atoms with Crippen molar-refractivity contribution in [1.29, 1.82) is 5.26 Å². The van der Waals surface area contributed by atoms with Crippen LogP contribution >= 0.6 is 0 Å². The second-order valence-electron chi connectivity index (χ2n) is 8.49. The van der Waals surface area contributed by atoms with Gasteiger partial charge in [-0.2, -0.15) is 5.26 Å². The number of nitrogens with zero attached hydrogens (tertiary/aromatic N) is 2. The number of piperidine rings is 1. The third kappa shape index (κ3) is 2.82. The average Bonchev–Trinajstić information content (AvgIpc) is 2.83. The minimum atomic E-state index is -0.00157. The van der Waals surface area contributed by atoms with Crippen molar-refractivity contribution in [3.05, 3.63) is 0 Å². The quantitative estimate of drug-likeness (QED) is 0.786. The molecule has 3 rings (SSSR count). The maximum Gasteiger partial charge on any atom is 0.315 e. The van der Waals surface area contributed by atoms with Gasteiger partial charge in [0.25, 0.3) is 0 Å². The minimum absolute atomic E-state index is 0.00157. The maximum absolute atomic E-state index is 12.4. The fourth-order valence-corrected chi connectivity index (χ4v) is 5.14. The third-order valence-corrected chi connectivity index (χ3v) is 7.32. The van der Waals surface area contributed by atoms with E-state index in [2.05, 4.69) is 42.4 Å². The Morgan fingerprint density at radius 1 is 1.22 bits per heavy atom. The topological polar surface area (TPSA) is 68.2 Å². The van der Waals surface area contributed by atoms with E-state index < -0.39 is 0 Å². The van der Waals surface area contributed by atoms with Gasteiger partial charge in [0, 0.05) is 25.2 Å². The molecule has 5 heteroatoms. The molecule has 5 nitrogen and oxygen atoms in total. The van der Waals surface area contributed by atoms with Crippen molar-refractivity contribution in [2.45, 2.75) is 65.0 Å². The molecule has 0 spiro atoms. The van der Waals surface area contributed by atoms with Crippen molar-refractivity contribution in [2.24, 2.45) is 16.7 Å². The number of nitrogens with one attached hydrogen (secondary N) is 2. The van der Waals surface area contributed by atoms with Gasteiger partial charge in [0.05, 0.1) is 12.6 Å². The Hall–Kier alpha value is -1.28. The molecule has 2 amide bonds. The molecule has 0 aromatic rings. The van der Waals surface area contributed by atoms with Crippen LogP contribution in [0.5, 0.6) is 0 Å². The molecule has 2 N–H and O–H groups in total. The second kappa shape index (κ2) is 5.98. The molecule has 0 radical (unpaired) electrons. The largest absolute Gasteiger partial charge is 0.335 e. The number of amides is 2. The highest BCUT2D eigenvalue weighted by molar-refractivity contribution is 5.74. The number of hydrogen-bond acceptors (Lipinski definition) is 3. The molecule has 3 fully saturated rings. The molecular weight excluding hydrogens is 288 g/mol. The first kappa shape index (κ1) is 16.6. The third-order valence-electron chi connectivity index (χ3n) is 7.32. The summed E-state index contributed by atoms with van der Waals surface area (Å²) >= 11 is 0. The van der Waals surface area contributed by atoms with Gasteiger partial charge in [0.15, 0.2) is 0 Å². The standard InChI is InChI=1S/C18H30N4O/c1-17(2)13-4-7-18(17,3)15(12-13)21-16(23)20-14-5-9-22(10-6-14)11-8-19/h13-15H,4-7,9-12H2,1-3H3,(H2,20,21,23). The molecule has 1 aliphatic heterocycles. The minimum Gasteiger partial charge on any atom is -0.335 e. The zero-order valence-electron chi connectivity index (χ0n) is 14.7. The SMILES string of the molecule is CC1(C)C2CCC1(C)C(NC(=O)NC1CCN(CC#N)CC1)C2. The zero-order chi connectivity index (χ0) is 16.7. The highest BCUT2D eigenvalue weighted by atomic mass is 16.2. The van der Waals surface area contributed by atoms with Crippen LogP contribution in [0.25, 0.3) is 0 Å². The van der Waals surface area contributed by atoms with Crippen molar-refractivity contribution in [2.75, 3.05) is 19.6 Å². The molecular formula is C18H30N4O. The molecule has 0 aromatic heterocycles. The maximum atomic E-state index is 12.4. The van der Waals surface area contributed by atoms with Gasteiger partial charge in [-0.25, -0.2) is 4.79 Å². The zero-order valence-corrected chi connectivity index (χ0v) is 14.7. The summed E-state index contributed by atoms with van der Waals surface area (Å²) in [7, 11) is 0. The van der Waals surface area contributed by atoms with E-state index in [1.165, 1.54) is 12.8 Å². The average molecular weight is 318 g/mol. The van der Waals surface area contributed by atoms with Crippen LogP contribution in [-0.4, -0.2) is 42.6 Å². The van der Waals surface area contributed by atoms with Crippen molar-refractivity contribution in [3.8, 4) is 6.07 Å². The van der Waals surface area contributed by atoms with Crippen molar-refractivity contribution in [1.82, 2.24) is 15.5 Å². The van der Waals surface area contributed by atoms with Crippen molar-refractivity contribution < 1.29 is 4.79 Å². The van der Waals surface area contributed by atoms with Crippen LogP contribution in [0.3, 0.4) is 0 Å². The summed E-state index contributed by atoms with van der Waals surface area (Å²) in [6, 6.07) is 2.73. The molecule has 2 aliphatic carbocycles. The molecule has 3 aliphatic rings. The van der Waals surface area contributed by atoms with E-state index in [1.54, 1.807) is 0 Å².